The van der Waals surface area contributed by atoms with E-state index in [9.17, 15) is 9.59 Å². The molecule has 1 amide bonds. The number of imidazole rings is 1. The summed E-state index contributed by atoms with van der Waals surface area (Å²) in [5, 5.41) is 2.92. The maximum Gasteiger partial charge on any atom is 0.323 e. The minimum atomic E-state index is -0.255. The first kappa shape index (κ1) is 17.9. The number of rotatable bonds is 7. The Kier molecular flexibility index (Phi) is 5.53. The minimum absolute atomic E-state index is 0.0653. The Hall–Kier alpha value is -2.86. The van der Waals surface area contributed by atoms with E-state index in [0.29, 0.717) is 11.2 Å². The van der Waals surface area contributed by atoms with Gasteiger partial charge >= 0.3 is 5.69 Å². The zero-order valence-corrected chi connectivity index (χ0v) is 15.1. The second kappa shape index (κ2) is 8.01. The van der Waals surface area contributed by atoms with E-state index in [4.69, 9.17) is 0 Å². The van der Waals surface area contributed by atoms with Crippen LogP contribution in [-0.4, -0.2) is 40.4 Å². The number of nitrogens with zero attached hydrogens (tertiary/aromatic N) is 1. The van der Waals surface area contributed by atoms with Gasteiger partial charge in [-0.25, -0.2) is 4.79 Å². The smallest absolute Gasteiger partial charge is 0.323 e. The Morgan fingerprint density at radius 2 is 1.85 bits per heavy atom. The lowest BCUT2D eigenvalue weighted by Crippen LogP contribution is -2.40. The summed E-state index contributed by atoms with van der Waals surface area (Å²) < 4.78 is 0. The molecule has 0 spiro atoms. The van der Waals surface area contributed by atoms with Crippen molar-refractivity contribution in [2.45, 2.75) is 25.8 Å². The van der Waals surface area contributed by atoms with Gasteiger partial charge in [0, 0.05) is 5.69 Å². The number of aromatic amines is 2. The maximum atomic E-state index is 12.5. The molecule has 0 aliphatic rings. The van der Waals surface area contributed by atoms with Crippen molar-refractivity contribution in [2.75, 3.05) is 18.9 Å². The summed E-state index contributed by atoms with van der Waals surface area (Å²) in [4.78, 5) is 31.2. The normalized spacial score (nSPS) is 12.4. The van der Waals surface area contributed by atoms with Crippen molar-refractivity contribution >= 4 is 22.6 Å². The second-order valence-corrected chi connectivity index (χ2v) is 6.57. The van der Waals surface area contributed by atoms with Gasteiger partial charge < -0.3 is 15.3 Å². The lowest BCUT2D eigenvalue weighted by molar-refractivity contribution is -0.120. The van der Waals surface area contributed by atoms with Crippen LogP contribution < -0.4 is 11.0 Å². The van der Waals surface area contributed by atoms with Gasteiger partial charge in [0.25, 0.3) is 0 Å². The molecule has 3 N–H and O–H groups in total. The van der Waals surface area contributed by atoms with Crippen LogP contribution in [0.5, 0.6) is 0 Å². The molecule has 136 valence electrons. The lowest BCUT2D eigenvalue weighted by Gasteiger charge is -2.23. The number of nitrogens with one attached hydrogen (secondary N) is 3. The first-order valence-electron chi connectivity index (χ1n) is 8.80. The molecule has 1 aromatic heterocycles. The highest BCUT2D eigenvalue weighted by molar-refractivity contribution is 5.96. The van der Waals surface area contributed by atoms with Crippen molar-refractivity contribution in [1.82, 2.24) is 14.9 Å². The second-order valence-electron chi connectivity index (χ2n) is 6.57. The van der Waals surface area contributed by atoms with E-state index in [-0.39, 0.29) is 17.6 Å². The SMILES string of the molecule is CC(C(=O)Nc1ccc2[nH]c(=O)[nH]c2c1)N(C)CCCc1ccccc1. The molecule has 1 heterocycles. The van der Waals surface area contributed by atoms with Gasteiger partial charge in [-0.15, -0.1) is 0 Å². The molecule has 0 saturated heterocycles. The molecule has 3 rings (SSSR count). The summed E-state index contributed by atoms with van der Waals surface area (Å²) in [6, 6.07) is 15.4. The molecule has 6 heteroatoms. The number of carbonyl (C=O) groups is 1. The number of amides is 1. The van der Waals surface area contributed by atoms with Crippen LogP contribution in [0.2, 0.25) is 0 Å². The summed E-state index contributed by atoms with van der Waals surface area (Å²) in [7, 11) is 1.96. The van der Waals surface area contributed by atoms with Gasteiger partial charge in [-0.3, -0.25) is 9.69 Å². The van der Waals surface area contributed by atoms with Gasteiger partial charge in [0.05, 0.1) is 17.1 Å². The molecular weight excluding hydrogens is 328 g/mol. The number of carbonyl (C=O) groups excluding carboxylic acids is 1. The fraction of sp³-hybridized carbons (Fsp3) is 0.300. The summed E-state index contributed by atoms with van der Waals surface area (Å²) in [6.45, 7) is 2.74. The van der Waals surface area contributed by atoms with Gasteiger partial charge in [-0.2, -0.15) is 0 Å². The number of likely N-dealkylation sites (N-methyl/N-ethyl adjacent to an activating group) is 1. The molecule has 0 saturated carbocycles. The van der Waals surface area contributed by atoms with Crippen LogP contribution in [0.4, 0.5) is 5.69 Å². The number of hydrogen-bond acceptors (Lipinski definition) is 3. The standard InChI is InChI=1S/C20H24N4O2/c1-14(24(2)12-6-9-15-7-4-3-5-8-15)19(25)21-16-10-11-17-18(13-16)23-20(26)22-17/h3-5,7-8,10-11,13-14H,6,9,12H2,1-2H3,(H,21,25)(H2,22,23,26). The molecule has 0 aliphatic heterocycles. The Morgan fingerprint density at radius 1 is 1.12 bits per heavy atom. The monoisotopic (exact) mass is 352 g/mol. The third-order valence-electron chi connectivity index (χ3n) is 4.64. The predicted molar refractivity (Wildman–Crippen MR) is 104 cm³/mol. The molecule has 0 aliphatic carbocycles. The van der Waals surface area contributed by atoms with Crippen molar-refractivity contribution < 1.29 is 4.79 Å². The topological polar surface area (TPSA) is 81.0 Å². The summed E-state index contributed by atoms with van der Waals surface area (Å²) in [5.74, 6) is -0.0653. The molecule has 0 fully saturated rings. The number of aromatic nitrogens is 2. The van der Waals surface area contributed by atoms with E-state index in [1.165, 1.54) is 5.56 Å². The molecule has 1 unspecified atom stereocenters. The zero-order valence-electron chi connectivity index (χ0n) is 15.1. The van der Waals surface area contributed by atoms with E-state index >= 15 is 0 Å². The molecule has 6 nitrogen and oxygen atoms in total. The number of hydrogen-bond donors (Lipinski definition) is 3. The third kappa shape index (κ3) is 4.40. The first-order valence-corrected chi connectivity index (χ1v) is 8.80. The molecular formula is C20H24N4O2. The highest BCUT2D eigenvalue weighted by Crippen LogP contribution is 2.15. The van der Waals surface area contributed by atoms with Gasteiger partial charge in [0.2, 0.25) is 5.91 Å². The van der Waals surface area contributed by atoms with E-state index in [1.54, 1.807) is 18.2 Å². The molecule has 2 aromatic carbocycles. The van der Waals surface area contributed by atoms with Crippen LogP contribution >= 0.6 is 0 Å². The number of benzene rings is 2. The Labute approximate surface area is 152 Å². The van der Waals surface area contributed by atoms with Gasteiger partial charge in [0.15, 0.2) is 0 Å². The van der Waals surface area contributed by atoms with Crippen molar-refractivity contribution in [2.24, 2.45) is 0 Å². The van der Waals surface area contributed by atoms with E-state index < -0.39 is 0 Å². The van der Waals surface area contributed by atoms with E-state index in [1.807, 2.05) is 32.2 Å². The highest BCUT2D eigenvalue weighted by atomic mass is 16.2. The minimum Gasteiger partial charge on any atom is -0.325 e. The van der Waals surface area contributed by atoms with Crippen molar-refractivity contribution in [1.29, 1.82) is 0 Å². The van der Waals surface area contributed by atoms with Crippen LogP contribution in [0.3, 0.4) is 0 Å². The Morgan fingerprint density at radius 3 is 2.62 bits per heavy atom. The molecule has 0 radical (unpaired) electrons. The predicted octanol–water partition coefficient (Wildman–Crippen LogP) is 2.75. The van der Waals surface area contributed by atoms with Crippen LogP contribution in [0.15, 0.2) is 53.3 Å². The summed E-state index contributed by atoms with van der Waals surface area (Å²) in [6.07, 6.45) is 1.99. The van der Waals surface area contributed by atoms with Crippen LogP contribution in [-0.2, 0) is 11.2 Å². The average molecular weight is 352 g/mol. The first-order chi connectivity index (χ1) is 12.5. The van der Waals surface area contributed by atoms with Crippen LogP contribution in [0.1, 0.15) is 18.9 Å². The average Bonchev–Trinajstić information content (AvgIpc) is 3.01. The number of aryl methyl sites for hydroxylation is 1. The molecule has 3 aromatic rings. The Bertz CT molecular complexity index is 930. The van der Waals surface area contributed by atoms with Crippen molar-refractivity contribution in [3.8, 4) is 0 Å². The fourth-order valence-corrected chi connectivity index (χ4v) is 2.93. The van der Waals surface area contributed by atoms with E-state index in [0.717, 1.165) is 24.9 Å². The number of fused-ring (bicyclic) bond motifs is 1. The molecule has 26 heavy (non-hydrogen) atoms. The van der Waals surface area contributed by atoms with Crippen molar-refractivity contribution in [3.05, 3.63) is 64.6 Å². The maximum absolute atomic E-state index is 12.5. The number of H-pyrrole nitrogens is 2. The molecule has 0 bridgehead atoms. The van der Waals surface area contributed by atoms with Crippen LogP contribution in [0.25, 0.3) is 11.0 Å². The van der Waals surface area contributed by atoms with E-state index in [2.05, 4.69) is 32.3 Å². The lowest BCUT2D eigenvalue weighted by atomic mass is 10.1. The fourth-order valence-electron chi connectivity index (χ4n) is 2.93. The van der Waals surface area contributed by atoms with Gasteiger partial charge in [-0.05, 0) is 57.1 Å². The quantitative estimate of drug-likeness (QED) is 0.612. The Balaban J connectivity index is 1.53. The van der Waals surface area contributed by atoms with Crippen molar-refractivity contribution in [3.63, 3.8) is 0 Å². The van der Waals surface area contributed by atoms with Gasteiger partial charge in [-0.1, -0.05) is 30.3 Å². The van der Waals surface area contributed by atoms with Crippen LogP contribution in [0, 0.1) is 0 Å². The molecule has 1 atom stereocenters. The highest BCUT2D eigenvalue weighted by Gasteiger charge is 2.18. The number of anilines is 1. The summed E-state index contributed by atoms with van der Waals surface area (Å²) >= 11 is 0. The third-order valence-corrected chi connectivity index (χ3v) is 4.64. The zero-order chi connectivity index (χ0) is 18.5. The largest absolute Gasteiger partial charge is 0.325 e. The summed E-state index contributed by atoms with van der Waals surface area (Å²) in [5.41, 5.74) is 3.12. The van der Waals surface area contributed by atoms with Gasteiger partial charge in [0.1, 0.15) is 0 Å².